The molecule has 3 N–H and O–H groups in total. The van der Waals surface area contributed by atoms with Crippen molar-refractivity contribution >= 4 is 17.5 Å². The van der Waals surface area contributed by atoms with Crippen LogP contribution in [-0.2, 0) is 0 Å². The summed E-state index contributed by atoms with van der Waals surface area (Å²) in [6, 6.07) is 2.88. The number of nitrogens with one attached hydrogen (secondary N) is 2. The highest BCUT2D eigenvalue weighted by molar-refractivity contribution is 5.59. The second kappa shape index (κ2) is 6.64. The number of hydrogen-bond acceptors (Lipinski definition) is 5. The predicted molar refractivity (Wildman–Crippen MR) is 83.8 cm³/mol. The molecule has 5 nitrogen and oxygen atoms in total. The molecule has 0 unspecified atom stereocenters. The topological polar surface area (TPSA) is 70.1 Å². The summed E-state index contributed by atoms with van der Waals surface area (Å²) in [6.45, 7) is 1.62. The van der Waals surface area contributed by atoms with Gasteiger partial charge in [-0.2, -0.15) is 4.98 Å². The van der Waals surface area contributed by atoms with E-state index in [-0.39, 0.29) is 30.3 Å². The number of aliphatic hydroxyl groups is 1. The first-order valence-electron chi connectivity index (χ1n) is 7.65. The molecule has 1 aromatic heterocycles. The second-order valence-corrected chi connectivity index (χ2v) is 5.85. The Morgan fingerprint density at radius 3 is 2.58 bits per heavy atom. The summed E-state index contributed by atoms with van der Waals surface area (Å²) in [5, 5.41) is 14.5. The molecule has 0 amide bonds. The fourth-order valence-corrected chi connectivity index (χ4v) is 2.22. The largest absolute Gasteiger partial charge is 0.394 e. The van der Waals surface area contributed by atoms with Gasteiger partial charge in [0.05, 0.1) is 12.3 Å². The van der Waals surface area contributed by atoms with Crippen molar-refractivity contribution in [3.8, 4) is 0 Å². The molecule has 1 heterocycles. The van der Waals surface area contributed by atoms with Crippen molar-refractivity contribution < 1.29 is 18.3 Å². The van der Waals surface area contributed by atoms with Crippen LogP contribution in [0.4, 0.5) is 30.6 Å². The molecule has 128 valence electrons. The number of benzene rings is 1. The van der Waals surface area contributed by atoms with E-state index >= 15 is 0 Å². The van der Waals surface area contributed by atoms with Crippen LogP contribution in [0.2, 0.25) is 0 Å². The molecule has 8 heteroatoms. The fraction of sp³-hybridized carbons (Fsp3) is 0.375. The first-order chi connectivity index (χ1) is 11.5. The van der Waals surface area contributed by atoms with Crippen molar-refractivity contribution in [2.75, 3.05) is 17.2 Å². The lowest BCUT2D eigenvalue weighted by Crippen LogP contribution is -2.21. The molecular weight excluding hydrogens is 321 g/mol. The van der Waals surface area contributed by atoms with Crippen LogP contribution in [0.5, 0.6) is 0 Å². The normalized spacial score (nSPS) is 15.2. The summed E-state index contributed by atoms with van der Waals surface area (Å²) in [6.07, 6.45) is 1.96. The summed E-state index contributed by atoms with van der Waals surface area (Å²) >= 11 is 0. The van der Waals surface area contributed by atoms with Crippen molar-refractivity contribution in [1.29, 1.82) is 0 Å². The van der Waals surface area contributed by atoms with Crippen molar-refractivity contribution in [3.63, 3.8) is 0 Å². The monoisotopic (exact) mass is 338 g/mol. The molecule has 0 spiro atoms. The summed E-state index contributed by atoms with van der Waals surface area (Å²) < 4.78 is 40.9. The Balaban J connectivity index is 1.94. The van der Waals surface area contributed by atoms with Crippen molar-refractivity contribution in [2.24, 2.45) is 0 Å². The number of aliphatic hydroxyl groups excluding tert-OH is 1. The molecule has 0 radical (unpaired) electrons. The minimum absolute atomic E-state index is 0.118. The van der Waals surface area contributed by atoms with Crippen LogP contribution >= 0.6 is 0 Å². The Morgan fingerprint density at radius 2 is 1.92 bits per heavy atom. The van der Waals surface area contributed by atoms with Gasteiger partial charge < -0.3 is 15.7 Å². The molecular formula is C16H17F3N4O. The van der Waals surface area contributed by atoms with E-state index in [1.54, 1.807) is 13.0 Å². The fourth-order valence-electron chi connectivity index (χ4n) is 2.22. The van der Waals surface area contributed by atoms with E-state index < -0.39 is 23.1 Å². The molecule has 24 heavy (non-hydrogen) atoms. The van der Waals surface area contributed by atoms with Gasteiger partial charge in [0.2, 0.25) is 5.95 Å². The average molecular weight is 338 g/mol. The zero-order valence-corrected chi connectivity index (χ0v) is 13.0. The van der Waals surface area contributed by atoms with Gasteiger partial charge in [0.1, 0.15) is 17.3 Å². The van der Waals surface area contributed by atoms with E-state index in [2.05, 4.69) is 20.6 Å². The second-order valence-electron chi connectivity index (χ2n) is 5.85. The Morgan fingerprint density at radius 1 is 1.21 bits per heavy atom. The maximum atomic E-state index is 13.8. The molecule has 1 aromatic carbocycles. The number of nitrogens with zero attached hydrogens (tertiary/aromatic N) is 2. The number of anilines is 3. The van der Waals surface area contributed by atoms with Gasteiger partial charge in [0, 0.05) is 18.0 Å². The Hall–Kier alpha value is -2.35. The van der Waals surface area contributed by atoms with Crippen LogP contribution in [0.1, 0.15) is 31.4 Å². The Bertz CT molecular complexity index is 752. The first kappa shape index (κ1) is 16.5. The van der Waals surface area contributed by atoms with Crippen LogP contribution in [0.25, 0.3) is 0 Å². The van der Waals surface area contributed by atoms with E-state index in [1.807, 2.05) is 0 Å². The maximum Gasteiger partial charge on any atom is 0.225 e. The highest BCUT2D eigenvalue weighted by Gasteiger charge is 2.27. The zero-order valence-electron chi connectivity index (χ0n) is 13.0. The average Bonchev–Trinajstić information content (AvgIpc) is 3.40. The van der Waals surface area contributed by atoms with Crippen LogP contribution in [0.15, 0.2) is 18.2 Å². The highest BCUT2D eigenvalue weighted by atomic mass is 19.2. The van der Waals surface area contributed by atoms with E-state index in [0.717, 1.165) is 30.7 Å². The molecule has 3 rings (SSSR count). The van der Waals surface area contributed by atoms with Gasteiger partial charge in [-0.1, -0.05) is 0 Å². The Labute approximate surface area is 137 Å². The predicted octanol–water partition coefficient (Wildman–Crippen LogP) is 3.31. The third-order valence-electron chi connectivity index (χ3n) is 3.69. The molecule has 0 bridgehead atoms. The van der Waals surface area contributed by atoms with Crippen molar-refractivity contribution in [3.05, 3.63) is 41.3 Å². The molecule has 1 aliphatic carbocycles. The number of halogens is 3. The van der Waals surface area contributed by atoms with Crippen molar-refractivity contribution in [2.45, 2.75) is 31.7 Å². The minimum atomic E-state index is -1.31. The van der Waals surface area contributed by atoms with Gasteiger partial charge in [-0.05, 0) is 31.9 Å². The third-order valence-corrected chi connectivity index (χ3v) is 3.69. The van der Waals surface area contributed by atoms with Crippen LogP contribution in [0.3, 0.4) is 0 Å². The van der Waals surface area contributed by atoms with E-state index in [0.29, 0.717) is 0 Å². The lowest BCUT2D eigenvalue weighted by molar-refractivity contribution is 0.281. The van der Waals surface area contributed by atoms with Gasteiger partial charge >= 0.3 is 0 Å². The quantitative estimate of drug-likeness (QED) is 0.705. The van der Waals surface area contributed by atoms with E-state index in [4.69, 9.17) is 5.11 Å². The van der Waals surface area contributed by atoms with Crippen LogP contribution < -0.4 is 10.6 Å². The summed E-state index contributed by atoms with van der Waals surface area (Å²) in [7, 11) is 0. The molecule has 2 aromatic rings. The van der Waals surface area contributed by atoms with Gasteiger partial charge in [-0.3, -0.25) is 0 Å². The van der Waals surface area contributed by atoms with Gasteiger partial charge in [0.15, 0.2) is 11.6 Å². The third kappa shape index (κ3) is 3.59. The van der Waals surface area contributed by atoms with Crippen molar-refractivity contribution in [1.82, 2.24) is 9.97 Å². The SMILES string of the molecule is C[C@@H](CO)Nc1nc(Nc2c(F)ccc(F)c2F)cc(C2CC2)n1. The molecule has 0 saturated heterocycles. The molecule has 0 aliphatic heterocycles. The smallest absolute Gasteiger partial charge is 0.225 e. The summed E-state index contributed by atoms with van der Waals surface area (Å²) in [4.78, 5) is 8.49. The zero-order chi connectivity index (χ0) is 17.3. The summed E-state index contributed by atoms with van der Waals surface area (Å²) in [5.74, 6) is -2.70. The molecule has 1 fully saturated rings. The highest BCUT2D eigenvalue weighted by Crippen LogP contribution is 2.40. The number of hydrogen-bond donors (Lipinski definition) is 3. The number of aromatic nitrogens is 2. The van der Waals surface area contributed by atoms with E-state index in [1.165, 1.54) is 0 Å². The maximum absolute atomic E-state index is 13.8. The first-order valence-corrected chi connectivity index (χ1v) is 7.65. The van der Waals surface area contributed by atoms with E-state index in [9.17, 15) is 13.2 Å². The molecule has 1 aliphatic rings. The molecule has 1 saturated carbocycles. The standard InChI is InChI=1S/C16H17F3N4O/c1-8(7-24)20-16-21-12(9-2-3-9)6-13(23-16)22-15-11(18)5-4-10(17)14(15)19/h4-6,8-9,24H,2-3,7H2,1H3,(H2,20,21,22,23)/t8-/m0/s1. The van der Waals surface area contributed by atoms with Gasteiger partial charge in [-0.15, -0.1) is 0 Å². The van der Waals surface area contributed by atoms with Crippen LogP contribution in [-0.4, -0.2) is 27.7 Å². The van der Waals surface area contributed by atoms with Gasteiger partial charge in [-0.25, -0.2) is 18.2 Å². The minimum Gasteiger partial charge on any atom is -0.394 e. The lowest BCUT2D eigenvalue weighted by Gasteiger charge is -2.14. The lowest BCUT2D eigenvalue weighted by atomic mass is 10.2. The summed E-state index contributed by atoms with van der Waals surface area (Å²) in [5.41, 5.74) is 0.133. The van der Waals surface area contributed by atoms with Gasteiger partial charge in [0.25, 0.3) is 0 Å². The van der Waals surface area contributed by atoms with Crippen LogP contribution in [0, 0.1) is 17.5 Å². The Kier molecular flexibility index (Phi) is 4.57. The number of rotatable bonds is 6. The molecule has 1 atom stereocenters.